The van der Waals surface area contributed by atoms with Gasteiger partial charge in [-0.3, -0.25) is 0 Å². The number of rotatable bonds is 4. The maximum atomic E-state index is 6.46. The molecule has 0 radical (unpaired) electrons. The van der Waals surface area contributed by atoms with E-state index in [1.54, 1.807) is 0 Å². The van der Waals surface area contributed by atoms with Crippen LogP contribution < -0.4 is 10.4 Å². The molecular formula is C55H32O. The van der Waals surface area contributed by atoms with Gasteiger partial charge in [0.2, 0.25) is 0 Å². The molecule has 11 aromatic rings. The van der Waals surface area contributed by atoms with Gasteiger partial charge in [-0.15, -0.1) is 11.5 Å². The van der Waals surface area contributed by atoms with E-state index in [-0.39, 0.29) is 0 Å². The Bertz CT molecular complexity index is 3710. The van der Waals surface area contributed by atoms with Crippen LogP contribution in [0.2, 0.25) is 0 Å². The van der Waals surface area contributed by atoms with Gasteiger partial charge in [0.05, 0.1) is 0 Å². The summed E-state index contributed by atoms with van der Waals surface area (Å²) in [5.41, 5.74) is 17.4. The van der Waals surface area contributed by atoms with Crippen molar-refractivity contribution in [3.8, 4) is 22.3 Å². The minimum absolute atomic E-state index is 0.892. The zero-order valence-electron chi connectivity index (χ0n) is 30.7. The highest BCUT2D eigenvalue weighted by atomic mass is 16.3. The van der Waals surface area contributed by atoms with E-state index in [0.29, 0.717) is 0 Å². The molecule has 1 aliphatic rings. The molecule has 0 N–H and O–H groups in total. The molecular weight excluding hydrogens is 677 g/mol. The highest BCUT2D eigenvalue weighted by molar-refractivity contribution is 6.25. The molecule has 0 fully saturated rings. The Morgan fingerprint density at radius 3 is 1.80 bits per heavy atom. The van der Waals surface area contributed by atoms with Gasteiger partial charge >= 0.3 is 0 Å². The Morgan fingerprint density at radius 2 is 1.05 bits per heavy atom. The van der Waals surface area contributed by atoms with Crippen LogP contribution in [0.25, 0.3) is 121 Å². The van der Waals surface area contributed by atoms with Crippen molar-refractivity contribution >= 4 is 98.9 Å². The lowest BCUT2D eigenvalue weighted by atomic mass is 9.89. The summed E-state index contributed by atoms with van der Waals surface area (Å²) >= 11 is 0. The first kappa shape index (κ1) is 31.0. The quantitative estimate of drug-likeness (QED) is 0.166. The normalized spacial score (nSPS) is 12.8. The lowest BCUT2D eigenvalue weighted by molar-refractivity contribution is 0.669. The van der Waals surface area contributed by atoms with E-state index in [9.17, 15) is 0 Å². The van der Waals surface area contributed by atoms with Crippen molar-refractivity contribution in [2.24, 2.45) is 0 Å². The SMILES string of the molecule is C/C=C\c1cccc2ccc3c(c12)=C=C(c1ccc(-c2ccc4oc5ccc(-c6ccc7ccc8cccc9ccc6c7c89)cc5c4c2)c2ccccc12)C=C=3. The van der Waals surface area contributed by atoms with E-state index < -0.39 is 0 Å². The Kier molecular flexibility index (Phi) is 6.53. The third-order valence-electron chi connectivity index (χ3n) is 11.9. The van der Waals surface area contributed by atoms with Gasteiger partial charge in [-0.05, 0) is 125 Å². The van der Waals surface area contributed by atoms with Crippen molar-refractivity contribution in [1.29, 1.82) is 0 Å². The zero-order valence-corrected chi connectivity index (χ0v) is 30.7. The molecule has 0 saturated heterocycles. The fourth-order valence-corrected chi connectivity index (χ4v) is 9.33. The molecule has 0 saturated carbocycles. The molecule has 0 unspecified atom stereocenters. The number of fused-ring (bicyclic) bond motifs is 7. The Balaban J connectivity index is 1.02. The van der Waals surface area contributed by atoms with Gasteiger partial charge in [0.1, 0.15) is 11.2 Å². The Labute approximate surface area is 322 Å². The summed E-state index contributed by atoms with van der Waals surface area (Å²) in [6.45, 7) is 2.07. The molecule has 0 aliphatic heterocycles. The van der Waals surface area contributed by atoms with Crippen LogP contribution in [-0.4, -0.2) is 0 Å². The Morgan fingerprint density at radius 1 is 0.464 bits per heavy atom. The van der Waals surface area contributed by atoms with Gasteiger partial charge in [-0.1, -0.05) is 140 Å². The maximum Gasteiger partial charge on any atom is 0.135 e. The fraction of sp³-hybridized carbons (Fsp3) is 0.0182. The van der Waals surface area contributed by atoms with Crippen LogP contribution in [0.1, 0.15) is 18.1 Å². The molecule has 56 heavy (non-hydrogen) atoms. The molecule has 1 heteroatoms. The predicted molar refractivity (Wildman–Crippen MR) is 239 cm³/mol. The number of benzene rings is 10. The van der Waals surface area contributed by atoms with E-state index >= 15 is 0 Å². The monoisotopic (exact) mass is 708 g/mol. The van der Waals surface area contributed by atoms with Crippen LogP contribution in [0.5, 0.6) is 0 Å². The second-order valence-electron chi connectivity index (χ2n) is 15.0. The fourth-order valence-electron chi connectivity index (χ4n) is 9.33. The van der Waals surface area contributed by atoms with Gasteiger partial charge in [0.15, 0.2) is 0 Å². The highest BCUT2D eigenvalue weighted by Crippen LogP contribution is 2.42. The van der Waals surface area contributed by atoms with Crippen LogP contribution >= 0.6 is 0 Å². The standard InChI is InChI=1S/C55H32O/c1-2-7-34-8-5-9-35-16-14-33-15-19-39(30-48(33)53(34)35)42-26-27-43(46-13-4-3-12-45(42)46)40-22-28-51-49(31-40)50-32-41(23-29-52(50)56-51)44-24-20-38-18-17-36-10-6-11-37-21-25-47(44)55(38)54(36)37/h2-14,16-29,31-32H,1H3/b7-2-. The van der Waals surface area contributed by atoms with E-state index in [2.05, 4.69) is 194 Å². The molecule has 10 aromatic carbocycles. The second kappa shape index (κ2) is 11.8. The van der Waals surface area contributed by atoms with E-state index in [0.717, 1.165) is 49.1 Å². The summed E-state index contributed by atoms with van der Waals surface area (Å²) in [7, 11) is 0. The molecule has 1 aliphatic carbocycles. The first-order valence-corrected chi connectivity index (χ1v) is 19.3. The second-order valence-corrected chi connectivity index (χ2v) is 15.0. The molecule has 0 spiro atoms. The van der Waals surface area contributed by atoms with Crippen LogP contribution in [0.3, 0.4) is 0 Å². The summed E-state index contributed by atoms with van der Waals surface area (Å²) < 4.78 is 6.46. The van der Waals surface area contributed by atoms with Gasteiger partial charge in [-0.2, -0.15) is 0 Å². The lowest BCUT2D eigenvalue weighted by Gasteiger charge is -2.14. The summed E-state index contributed by atoms with van der Waals surface area (Å²) in [6.07, 6.45) is 6.38. The summed E-state index contributed by atoms with van der Waals surface area (Å²) in [6, 6.07) is 57.5. The van der Waals surface area contributed by atoms with Crippen molar-refractivity contribution in [3.63, 3.8) is 0 Å². The molecule has 1 heterocycles. The zero-order chi connectivity index (χ0) is 36.9. The minimum Gasteiger partial charge on any atom is -0.456 e. The van der Waals surface area contributed by atoms with Gasteiger partial charge < -0.3 is 4.42 Å². The topological polar surface area (TPSA) is 13.1 Å². The molecule has 0 atom stereocenters. The van der Waals surface area contributed by atoms with E-state index in [1.165, 1.54) is 76.1 Å². The number of hydrogen-bond donors (Lipinski definition) is 0. The first-order valence-electron chi connectivity index (χ1n) is 19.3. The van der Waals surface area contributed by atoms with Crippen molar-refractivity contribution < 1.29 is 4.42 Å². The molecule has 0 amide bonds. The predicted octanol–water partition coefficient (Wildman–Crippen LogP) is 13.6. The third-order valence-corrected chi connectivity index (χ3v) is 11.9. The van der Waals surface area contributed by atoms with Crippen molar-refractivity contribution in [1.82, 2.24) is 0 Å². The summed E-state index contributed by atoms with van der Waals surface area (Å²) in [5.74, 6) is 0. The minimum atomic E-state index is 0.892. The van der Waals surface area contributed by atoms with Gasteiger partial charge in [0, 0.05) is 32.2 Å². The molecule has 1 nitrogen and oxygen atoms in total. The first-order chi connectivity index (χ1) is 27.7. The highest BCUT2D eigenvalue weighted by Gasteiger charge is 2.16. The smallest absolute Gasteiger partial charge is 0.135 e. The molecule has 258 valence electrons. The van der Waals surface area contributed by atoms with E-state index in [1.807, 2.05) is 0 Å². The van der Waals surface area contributed by atoms with Gasteiger partial charge in [0.25, 0.3) is 0 Å². The average molecular weight is 709 g/mol. The Hall–Kier alpha value is -7.40. The van der Waals surface area contributed by atoms with Crippen LogP contribution in [0.15, 0.2) is 174 Å². The third kappa shape index (κ3) is 4.51. The number of allylic oxidation sites excluding steroid dienone is 3. The van der Waals surface area contributed by atoms with E-state index in [4.69, 9.17) is 4.42 Å². The average Bonchev–Trinajstić information content (AvgIpc) is 3.62. The molecule has 12 rings (SSSR count). The summed E-state index contributed by atoms with van der Waals surface area (Å²) in [5, 5.41) is 17.0. The van der Waals surface area contributed by atoms with Crippen molar-refractivity contribution in [3.05, 3.63) is 191 Å². The summed E-state index contributed by atoms with van der Waals surface area (Å²) in [4.78, 5) is 0. The largest absolute Gasteiger partial charge is 0.456 e. The van der Waals surface area contributed by atoms with Crippen molar-refractivity contribution in [2.75, 3.05) is 0 Å². The maximum absolute atomic E-state index is 6.46. The van der Waals surface area contributed by atoms with Crippen LogP contribution in [0.4, 0.5) is 0 Å². The van der Waals surface area contributed by atoms with Crippen LogP contribution in [0, 0.1) is 0 Å². The molecule has 0 bridgehead atoms. The number of furan rings is 1. The van der Waals surface area contributed by atoms with Crippen LogP contribution in [-0.2, 0) is 0 Å². The lowest BCUT2D eigenvalue weighted by Crippen LogP contribution is -2.25. The number of hydrogen-bond acceptors (Lipinski definition) is 1. The molecule has 1 aromatic heterocycles. The van der Waals surface area contributed by atoms with Gasteiger partial charge in [-0.25, -0.2) is 0 Å². The van der Waals surface area contributed by atoms with Crippen molar-refractivity contribution in [2.45, 2.75) is 6.92 Å².